The van der Waals surface area contributed by atoms with Gasteiger partial charge < -0.3 is 9.84 Å². The predicted molar refractivity (Wildman–Crippen MR) is 98.2 cm³/mol. The van der Waals surface area contributed by atoms with E-state index in [9.17, 15) is 0 Å². The molecular formula is C20H22N4O. The zero-order valence-corrected chi connectivity index (χ0v) is 14.4. The second-order valence-electron chi connectivity index (χ2n) is 6.67. The van der Waals surface area contributed by atoms with Crippen molar-refractivity contribution in [2.75, 3.05) is 5.32 Å². The SMILES string of the molecule is Cc1ccc(-c2noc(-c3cccnc3NC3CCCCC3)n2)cc1. The first kappa shape index (κ1) is 15.8. The van der Waals surface area contributed by atoms with Gasteiger partial charge in [-0.25, -0.2) is 4.98 Å². The van der Waals surface area contributed by atoms with E-state index in [1.54, 1.807) is 6.20 Å². The fourth-order valence-electron chi connectivity index (χ4n) is 3.29. The maximum absolute atomic E-state index is 5.52. The Morgan fingerprint density at radius 3 is 2.64 bits per heavy atom. The summed E-state index contributed by atoms with van der Waals surface area (Å²) < 4.78 is 5.52. The molecule has 5 nitrogen and oxygen atoms in total. The van der Waals surface area contributed by atoms with Crippen LogP contribution < -0.4 is 5.32 Å². The average molecular weight is 334 g/mol. The Labute approximate surface area is 147 Å². The van der Waals surface area contributed by atoms with E-state index in [0.29, 0.717) is 17.8 Å². The van der Waals surface area contributed by atoms with Crippen molar-refractivity contribution in [3.05, 3.63) is 48.2 Å². The van der Waals surface area contributed by atoms with E-state index >= 15 is 0 Å². The molecule has 0 atom stereocenters. The van der Waals surface area contributed by atoms with E-state index in [4.69, 9.17) is 4.52 Å². The second-order valence-corrected chi connectivity index (χ2v) is 6.67. The number of nitrogens with zero attached hydrogens (tertiary/aromatic N) is 3. The van der Waals surface area contributed by atoms with Gasteiger partial charge in [0.2, 0.25) is 5.82 Å². The van der Waals surface area contributed by atoms with Crippen LogP contribution in [-0.4, -0.2) is 21.2 Å². The maximum Gasteiger partial charge on any atom is 0.261 e. The molecule has 0 bridgehead atoms. The first-order valence-electron chi connectivity index (χ1n) is 8.92. The zero-order valence-electron chi connectivity index (χ0n) is 14.4. The van der Waals surface area contributed by atoms with E-state index in [-0.39, 0.29) is 0 Å². The van der Waals surface area contributed by atoms with E-state index in [1.165, 1.54) is 37.7 Å². The van der Waals surface area contributed by atoms with Crippen molar-refractivity contribution in [1.82, 2.24) is 15.1 Å². The summed E-state index contributed by atoms with van der Waals surface area (Å²) in [4.78, 5) is 9.08. The molecular weight excluding hydrogens is 312 g/mol. The summed E-state index contributed by atoms with van der Waals surface area (Å²) in [6.07, 6.45) is 8.06. The van der Waals surface area contributed by atoms with E-state index in [2.05, 4.69) is 27.4 Å². The first-order valence-corrected chi connectivity index (χ1v) is 8.92. The molecule has 0 saturated heterocycles. The molecule has 5 heteroatoms. The van der Waals surface area contributed by atoms with Crippen LogP contribution in [0.1, 0.15) is 37.7 Å². The van der Waals surface area contributed by atoms with Crippen molar-refractivity contribution in [3.8, 4) is 22.8 Å². The van der Waals surface area contributed by atoms with Gasteiger partial charge in [0.15, 0.2) is 0 Å². The second kappa shape index (κ2) is 7.05. The van der Waals surface area contributed by atoms with Crippen LogP contribution in [0, 0.1) is 6.92 Å². The number of nitrogens with one attached hydrogen (secondary N) is 1. The molecule has 4 rings (SSSR count). The number of benzene rings is 1. The largest absolute Gasteiger partial charge is 0.367 e. The van der Waals surface area contributed by atoms with Gasteiger partial charge in [-0.15, -0.1) is 0 Å². The summed E-state index contributed by atoms with van der Waals surface area (Å²) in [6, 6.07) is 12.5. The van der Waals surface area contributed by atoms with E-state index < -0.39 is 0 Å². The smallest absolute Gasteiger partial charge is 0.261 e. The lowest BCUT2D eigenvalue weighted by Gasteiger charge is -2.23. The lowest BCUT2D eigenvalue weighted by Crippen LogP contribution is -2.23. The molecule has 1 aromatic carbocycles. The van der Waals surface area contributed by atoms with Gasteiger partial charge in [-0.3, -0.25) is 0 Å². The minimum atomic E-state index is 0.474. The quantitative estimate of drug-likeness (QED) is 0.739. The molecule has 25 heavy (non-hydrogen) atoms. The Hall–Kier alpha value is -2.69. The fourth-order valence-corrected chi connectivity index (χ4v) is 3.29. The van der Waals surface area contributed by atoms with E-state index in [0.717, 1.165) is 16.9 Å². The van der Waals surface area contributed by atoms with Gasteiger partial charge in [-0.1, -0.05) is 54.2 Å². The molecule has 0 aliphatic heterocycles. The highest BCUT2D eigenvalue weighted by atomic mass is 16.5. The molecule has 1 fully saturated rings. The molecule has 0 unspecified atom stereocenters. The Kier molecular flexibility index (Phi) is 4.46. The molecule has 0 spiro atoms. The Morgan fingerprint density at radius 2 is 1.84 bits per heavy atom. The third-order valence-electron chi connectivity index (χ3n) is 4.72. The fraction of sp³-hybridized carbons (Fsp3) is 0.350. The number of pyridine rings is 1. The van der Waals surface area contributed by atoms with Crippen LogP contribution in [0.3, 0.4) is 0 Å². The summed E-state index contributed by atoms with van der Waals surface area (Å²) >= 11 is 0. The molecule has 1 aliphatic rings. The van der Waals surface area contributed by atoms with Gasteiger partial charge in [0.05, 0.1) is 5.56 Å². The number of hydrogen-bond acceptors (Lipinski definition) is 5. The minimum Gasteiger partial charge on any atom is -0.367 e. The van der Waals surface area contributed by atoms with Gasteiger partial charge >= 0.3 is 0 Å². The highest BCUT2D eigenvalue weighted by molar-refractivity contribution is 5.70. The van der Waals surface area contributed by atoms with Crippen molar-refractivity contribution in [2.24, 2.45) is 0 Å². The summed E-state index contributed by atoms with van der Waals surface area (Å²) in [5.74, 6) is 1.93. The van der Waals surface area contributed by atoms with Crippen LogP contribution in [-0.2, 0) is 0 Å². The lowest BCUT2D eigenvalue weighted by molar-refractivity contribution is 0.432. The van der Waals surface area contributed by atoms with Crippen LogP contribution in [0.25, 0.3) is 22.8 Å². The molecule has 128 valence electrons. The molecule has 0 radical (unpaired) electrons. The van der Waals surface area contributed by atoms with Gasteiger partial charge in [-0.05, 0) is 31.9 Å². The van der Waals surface area contributed by atoms with Crippen molar-refractivity contribution >= 4 is 5.82 Å². The monoisotopic (exact) mass is 334 g/mol. The maximum atomic E-state index is 5.52. The first-order chi connectivity index (χ1) is 12.3. The molecule has 1 saturated carbocycles. The topological polar surface area (TPSA) is 63.8 Å². The molecule has 2 heterocycles. The zero-order chi connectivity index (χ0) is 17.1. The number of aromatic nitrogens is 3. The van der Waals surface area contributed by atoms with Gasteiger partial charge in [0.25, 0.3) is 5.89 Å². The number of aryl methyl sites for hydroxylation is 1. The highest BCUT2D eigenvalue weighted by Gasteiger charge is 2.19. The van der Waals surface area contributed by atoms with Crippen LogP contribution in [0.5, 0.6) is 0 Å². The molecule has 3 aromatic rings. The highest BCUT2D eigenvalue weighted by Crippen LogP contribution is 2.29. The Morgan fingerprint density at radius 1 is 1.04 bits per heavy atom. The predicted octanol–water partition coefficient (Wildman–Crippen LogP) is 4.85. The van der Waals surface area contributed by atoms with Crippen molar-refractivity contribution in [2.45, 2.75) is 45.1 Å². The Balaban J connectivity index is 1.60. The van der Waals surface area contributed by atoms with Crippen molar-refractivity contribution in [1.29, 1.82) is 0 Å². The number of anilines is 1. The summed E-state index contributed by atoms with van der Waals surface area (Å²) in [7, 11) is 0. The minimum absolute atomic E-state index is 0.474. The molecule has 1 N–H and O–H groups in total. The third kappa shape index (κ3) is 3.55. The summed E-state index contributed by atoms with van der Waals surface area (Å²) in [6.45, 7) is 2.06. The number of rotatable bonds is 4. The van der Waals surface area contributed by atoms with Crippen LogP contribution >= 0.6 is 0 Å². The normalized spacial score (nSPS) is 15.2. The third-order valence-corrected chi connectivity index (χ3v) is 4.72. The molecule has 0 amide bonds. The summed E-state index contributed by atoms with van der Waals surface area (Å²) in [5.41, 5.74) is 3.02. The molecule has 1 aliphatic carbocycles. The Bertz CT molecular complexity index is 835. The van der Waals surface area contributed by atoms with Crippen molar-refractivity contribution in [3.63, 3.8) is 0 Å². The van der Waals surface area contributed by atoms with Crippen LogP contribution in [0.2, 0.25) is 0 Å². The van der Waals surface area contributed by atoms with Crippen LogP contribution in [0.4, 0.5) is 5.82 Å². The summed E-state index contributed by atoms with van der Waals surface area (Å²) in [5, 5.41) is 7.70. The van der Waals surface area contributed by atoms with E-state index in [1.807, 2.05) is 36.4 Å². The van der Waals surface area contributed by atoms with Crippen LogP contribution in [0.15, 0.2) is 47.1 Å². The van der Waals surface area contributed by atoms with Gasteiger partial charge in [0.1, 0.15) is 5.82 Å². The molecule has 2 aromatic heterocycles. The average Bonchev–Trinajstić information content (AvgIpc) is 3.14. The van der Waals surface area contributed by atoms with Gasteiger partial charge in [-0.2, -0.15) is 4.98 Å². The van der Waals surface area contributed by atoms with Gasteiger partial charge in [0, 0.05) is 17.8 Å². The standard InChI is InChI=1S/C20H22N4O/c1-14-9-11-15(12-10-14)18-23-20(25-24-18)17-8-5-13-21-19(17)22-16-6-3-2-4-7-16/h5,8-13,16H,2-4,6-7H2,1H3,(H,21,22). The van der Waals surface area contributed by atoms with Crippen molar-refractivity contribution < 1.29 is 4.52 Å². The lowest BCUT2D eigenvalue weighted by atomic mass is 9.95. The number of hydrogen-bond donors (Lipinski definition) is 1.